The number of rotatable bonds is 8. The SMILES string of the molecule is COc1ccc(C2C(C(=O)NCC[NH+](C)C)c3ccccc3C(=O)N2Cc2ccc(F)cc2)cc1. The van der Waals surface area contributed by atoms with Crippen LogP contribution in [0, 0.1) is 5.82 Å². The third-order valence-corrected chi connectivity index (χ3v) is 6.37. The lowest BCUT2D eigenvalue weighted by Gasteiger charge is -2.42. The van der Waals surface area contributed by atoms with Gasteiger partial charge in [0.1, 0.15) is 11.6 Å². The Morgan fingerprint density at radius 2 is 1.71 bits per heavy atom. The molecule has 2 N–H and O–H groups in total. The van der Waals surface area contributed by atoms with Gasteiger partial charge in [-0.3, -0.25) is 9.59 Å². The number of carbonyl (C=O) groups excluding carboxylic acids is 2. The second kappa shape index (κ2) is 10.7. The molecule has 182 valence electrons. The Morgan fingerprint density at radius 3 is 2.37 bits per heavy atom. The van der Waals surface area contributed by atoms with Gasteiger partial charge in [-0.1, -0.05) is 42.5 Å². The van der Waals surface area contributed by atoms with E-state index in [9.17, 15) is 14.0 Å². The van der Waals surface area contributed by atoms with Crippen molar-refractivity contribution in [1.82, 2.24) is 10.2 Å². The van der Waals surface area contributed by atoms with Crippen LogP contribution in [0.4, 0.5) is 4.39 Å². The van der Waals surface area contributed by atoms with Crippen LogP contribution in [0.15, 0.2) is 72.8 Å². The number of carbonyl (C=O) groups is 2. The standard InChI is InChI=1S/C28H30FN3O3/c1-31(2)17-16-30-27(33)25-23-6-4-5-7-24(23)28(34)32(18-19-8-12-21(29)13-9-19)26(25)20-10-14-22(35-3)15-11-20/h4-15,25-26H,16-18H2,1-3H3,(H,30,33)/p+1. The van der Waals surface area contributed by atoms with E-state index < -0.39 is 12.0 Å². The van der Waals surface area contributed by atoms with E-state index >= 15 is 0 Å². The number of amides is 2. The average molecular weight is 477 g/mol. The van der Waals surface area contributed by atoms with Crippen LogP contribution < -0.4 is 15.0 Å². The summed E-state index contributed by atoms with van der Waals surface area (Å²) in [6.45, 7) is 1.56. The molecule has 1 aliphatic rings. The van der Waals surface area contributed by atoms with Gasteiger partial charge in [0.05, 0.1) is 46.3 Å². The Balaban J connectivity index is 1.80. The van der Waals surface area contributed by atoms with Gasteiger partial charge in [0.2, 0.25) is 5.91 Å². The molecule has 3 aromatic carbocycles. The van der Waals surface area contributed by atoms with Crippen LogP contribution in [0.2, 0.25) is 0 Å². The molecule has 4 rings (SSSR count). The van der Waals surface area contributed by atoms with Crippen molar-refractivity contribution < 1.29 is 23.6 Å². The van der Waals surface area contributed by atoms with Crippen molar-refractivity contribution in [2.75, 3.05) is 34.3 Å². The first-order valence-corrected chi connectivity index (χ1v) is 11.7. The van der Waals surface area contributed by atoms with Gasteiger partial charge >= 0.3 is 0 Å². The summed E-state index contributed by atoms with van der Waals surface area (Å²) >= 11 is 0. The molecule has 2 unspecified atom stereocenters. The maximum absolute atomic E-state index is 13.8. The van der Waals surface area contributed by atoms with Crippen LogP contribution in [-0.2, 0) is 11.3 Å². The predicted molar refractivity (Wildman–Crippen MR) is 132 cm³/mol. The van der Waals surface area contributed by atoms with Crippen LogP contribution in [0.3, 0.4) is 0 Å². The highest BCUT2D eigenvalue weighted by Gasteiger charge is 2.44. The number of likely N-dealkylation sites (N-methyl/N-ethyl adjacent to an activating group) is 1. The number of nitrogens with one attached hydrogen (secondary N) is 2. The van der Waals surface area contributed by atoms with Crippen molar-refractivity contribution in [3.8, 4) is 5.75 Å². The van der Waals surface area contributed by atoms with E-state index in [4.69, 9.17) is 4.74 Å². The van der Waals surface area contributed by atoms with Crippen LogP contribution in [0.1, 0.15) is 39.0 Å². The maximum atomic E-state index is 13.8. The van der Waals surface area contributed by atoms with Gasteiger partial charge in [-0.2, -0.15) is 0 Å². The summed E-state index contributed by atoms with van der Waals surface area (Å²) in [6, 6.07) is 20.3. The molecule has 0 aromatic heterocycles. The summed E-state index contributed by atoms with van der Waals surface area (Å²) in [5.41, 5.74) is 2.84. The monoisotopic (exact) mass is 476 g/mol. The molecule has 3 aromatic rings. The minimum Gasteiger partial charge on any atom is -0.497 e. The lowest BCUT2D eigenvalue weighted by Crippen LogP contribution is -3.06. The Bertz CT molecular complexity index is 1180. The summed E-state index contributed by atoms with van der Waals surface area (Å²) < 4.78 is 18.9. The zero-order chi connectivity index (χ0) is 24.9. The van der Waals surface area contributed by atoms with Gasteiger partial charge in [-0.25, -0.2) is 4.39 Å². The smallest absolute Gasteiger partial charge is 0.255 e. The molecule has 35 heavy (non-hydrogen) atoms. The number of quaternary nitrogens is 1. The molecule has 0 bridgehead atoms. The highest BCUT2D eigenvalue weighted by atomic mass is 19.1. The van der Waals surface area contributed by atoms with E-state index in [-0.39, 0.29) is 24.2 Å². The molecule has 6 nitrogen and oxygen atoms in total. The highest BCUT2D eigenvalue weighted by molar-refractivity contribution is 6.01. The molecule has 0 saturated carbocycles. The van der Waals surface area contributed by atoms with E-state index in [0.717, 1.165) is 17.7 Å². The van der Waals surface area contributed by atoms with E-state index in [0.29, 0.717) is 23.4 Å². The molecule has 0 radical (unpaired) electrons. The molecule has 0 fully saturated rings. The number of benzene rings is 3. The van der Waals surface area contributed by atoms with Crippen LogP contribution in [0.25, 0.3) is 0 Å². The lowest BCUT2D eigenvalue weighted by molar-refractivity contribution is -0.856. The number of hydrogen-bond donors (Lipinski definition) is 2. The molecule has 7 heteroatoms. The quantitative estimate of drug-likeness (QED) is 0.525. The molecule has 2 atom stereocenters. The summed E-state index contributed by atoms with van der Waals surface area (Å²) in [5.74, 6) is -0.536. The van der Waals surface area contributed by atoms with Crippen molar-refractivity contribution in [3.63, 3.8) is 0 Å². The highest BCUT2D eigenvalue weighted by Crippen LogP contribution is 2.43. The van der Waals surface area contributed by atoms with E-state index in [2.05, 4.69) is 5.32 Å². The van der Waals surface area contributed by atoms with Gasteiger partial charge in [0, 0.05) is 12.1 Å². The van der Waals surface area contributed by atoms with Crippen LogP contribution in [0.5, 0.6) is 5.75 Å². The zero-order valence-corrected chi connectivity index (χ0v) is 20.3. The van der Waals surface area contributed by atoms with Crippen molar-refractivity contribution in [1.29, 1.82) is 0 Å². The fourth-order valence-electron chi connectivity index (χ4n) is 4.55. The summed E-state index contributed by atoms with van der Waals surface area (Å²) in [4.78, 5) is 30.4. The maximum Gasteiger partial charge on any atom is 0.255 e. The van der Waals surface area contributed by atoms with Crippen LogP contribution >= 0.6 is 0 Å². The summed E-state index contributed by atoms with van der Waals surface area (Å²) in [5, 5.41) is 3.08. The second-order valence-electron chi connectivity index (χ2n) is 9.09. The summed E-state index contributed by atoms with van der Waals surface area (Å²) in [7, 11) is 5.66. The molecular weight excluding hydrogens is 445 g/mol. The van der Waals surface area contributed by atoms with E-state index in [1.54, 1.807) is 30.2 Å². The number of ether oxygens (including phenoxy) is 1. The molecular formula is C28H31FN3O3+. The zero-order valence-electron chi connectivity index (χ0n) is 20.3. The normalized spacial score (nSPS) is 17.3. The number of fused-ring (bicyclic) bond motifs is 1. The van der Waals surface area contributed by atoms with Gasteiger partial charge in [0.15, 0.2) is 0 Å². The first kappa shape index (κ1) is 24.4. The molecule has 0 aliphatic carbocycles. The molecule has 1 aliphatic heterocycles. The molecule has 0 saturated heterocycles. The minimum atomic E-state index is -0.602. The lowest BCUT2D eigenvalue weighted by atomic mass is 9.79. The Kier molecular flexibility index (Phi) is 7.46. The fraction of sp³-hybridized carbons (Fsp3) is 0.286. The first-order chi connectivity index (χ1) is 16.9. The average Bonchev–Trinajstić information content (AvgIpc) is 2.86. The van der Waals surface area contributed by atoms with E-state index in [1.807, 2.05) is 56.6 Å². The fourth-order valence-corrected chi connectivity index (χ4v) is 4.55. The van der Waals surface area contributed by atoms with Crippen LogP contribution in [-0.4, -0.2) is 51.0 Å². The number of methoxy groups -OCH3 is 1. The Hall–Kier alpha value is -3.71. The Labute approximate surface area is 205 Å². The minimum absolute atomic E-state index is 0.129. The second-order valence-corrected chi connectivity index (χ2v) is 9.09. The summed E-state index contributed by atoms with van der Waals surface area (Å²) in [6.07, 6.45) is 0. The van der Waals surface area contributed by atoms with Gasteiger partial charge in [0.25, 0.3) is 5.91 Å². The van der Waals surface area contributed by atoms with E-state index in [1.165, 1.54) is 17.0 Å². The molecule has 1 heterocycles. The number of halogens is 1. The third-order valence-electron chi connectivity index (χ3n) is 6.37. The Morgan fingerprint density at radius 1 is 1.03 bits per heavy atom. The van der Waals surface area contributed by atoms with Gasteiger partial charge in [-0.15, -0.1) is 0 Å². The third kappa shape index (κ3) is 5.35. The topological polar surface area (TPSA) is 63.1 Å². The first-order valence-electron chi connectivity index (χ1n) is 11.7. The van der Waals surface area contributed by atoms with Crippen molar-refractivity contribution >= 4 is 11.8 Å². The van der Waals surface area contributed by atoms with Gasteiger partial charge in [-0.05, 0) is 47.0 Å². The van der Waals surface area contributed by atoms with Crippen molar-refractivity contribution in [3.05, 3.63) is 101 Å². The largest absolute Gasteiger partial charge is 0.497 e. The number of nitrogens with zero attached hydrogens (tertiary/aromatic N) is 1. The number of hydrogen-bond acceptors (Lipinski definition) is 3. The van der Waals surface area contributed by atoms with Crippen molar-refractivity contribution in [2.24, 2.45) is 0 Å². The van der Waals surface area contributed by atoms with Gasteiger partial charge < -0.3 is 19.9 Å². The van der Waals surface area contributed by atoms with Crippen molar-refractivity contribution in [2.45, 2.75) is 18.5 Å². The molecule has 2 amide bonds. The predicted octanol–water partition coefficient (Wildman–Crippen LogP) is 2.58. The molecule has 0 spiro atoms.